The molecule has 22 heavy (non-hydrogen) atoms. The van der Waals surface area contributed by atoms with Gasteiger partial charge in [0.25, 0.3) is 0 Å². The number of furan rings is 1. The molecule has 0 aromatic carbocycles. The molecule has 0 radical (unpaired) electrons. The SMILES string of the molecule is CN=C(NCC1(C)CCCC1)NCC(C)(O)c1ccc(C)o1. The predicted octanol–water partition coefficient (Wildman–Crippen LogP) is 2.54. The van der Waals surface area contributed by atoms with Gasteiger partial charge in [-0.15, -0.1) is 0 Å². The minimum Gasteiger partial charge on any atom is -0.463 e. The van der Waals surface area contributed by atoms with Crippen LogP contribution in [0.25, 0.3) is 0 Å². The van der Waals surface area contributed by atoms with Gasteiger partial charge in [0.1, 0.15) is 17.1 Å². The first kappa shape index (κ1) is 16.9. The normalized spacial score (nSPS) is 20.7. The van der Waals surface area contributed by atoms with Gasteiger partial charge >= 0.3 is 0 Å². The van der Waals surface area contributed by atoms with Crippen LogP contribution in [0, 0.1) is 12.3 Å². The minimum atomic E-state index is -1.07. The molecule has 5 nitrogen and oxygen atoms in total. The zero-order chi connectivity index (χ0) is 16.2. The van der Waals surface area contributed by atoms with Gasteiger partial charge in [0.2, 0.25) is 0 Å². The smallest absolute Gasteiger partial charge is 0.191 e. The van der Waals surface area contributed by atoms with Crippen LogP contribution < -0.4 is 10.6 Å². The van der Waals surface area contributed by atoms with Gasteiger partial charge < -0.3 is 20.2 Å². The van der Waals surface area contributed by atoms with Crippen LogP contribution in [-0.2, 0) is 5.60 Å². The molecule has 1 atom stereocenters. The molecular weight excluding hydrogens is 278 g/mol. The van der Waals surface area contributed by atoms with Crippen LogP contribution in [0.3, 0.4) is 0 Å². The average molecular weight is 307 g/mol. The van der Waals surface area contributed by atoms with Gasteiger partial charge in [0, 0.05) is 13.6 Å². The first-order valence-electron chi connectivity index (χ1n) is 8.08. The van der Waals surface area contributed by atoms with Gasteiger partial charge in [-0.1, -0.05) is 19.8 Å². The highest BCUT2D eigenvalue weighted by Crippen LogP contribution is 2.36. The van der Waals surface area contributed by atoms with Crippen LogP contribution >= 0.6 is 0 Å². The maximum Gasteiger partial charge on any atom is 0.191 e. The predicted molar refractivity (Wildman–Crippen MR) is 89.0 cm³/mol. The molecule has 1 unspecified atom stereocenters. The van der Waals surface area contributed by atoms with Crippen LogP contribution in [0.1, 0.15) is 51.1 Å². The van der Waals surface area contributed by atoms with E-state index in [-0.39, 0.29) is 0 Å². The third kappa shape index (κ3) is 4.26. The molecule has 5 heteroatoms. The summed E-state index contributed by atoms with van der Waals surface area (Å²) >= 11 is 0. The molecule has 1 aliphatic rings. The third-order valence-electron chi connectivity index (χ3n) is 4.59. The molecule has 2 rings (SSSR count). The molecule has 1 heterocycles. The number of guanidine groups is 1. The zero-order valence-electron chi connectivity index (χ0n) is 14.2. The Bertz CT molecular complexity index is 514. The molecule has 124 valence electrons. The fraction of sp³-hybridized carbons (Fsp3) is 0.706. The Morgan fingerprint density at radius 3 is 2.59 bits per heavy atom. The highest BCUT2D eigenvalue weighted by Gasteiger charge is 2.30. The molecule has 0 bridgehead atoms. The largest absolute Gasteiger partial charge is 0.463 e. The van der Waals surface area contributed by atoms with Gasteiger partial charge in [0.15, 0.2) is 5.96 Å². The van der Waals surface area contributed by atoms with Crippen molar-refractivity contribution in [2.75, 3.05) is 20.1 Å². The molecule has 1 aromatic heterocycles. The highest BCUT2D eigenvalue weighted by atomic mass is 16.4. The molecule has 0 spiro atoms. The summed E-state index contributed by atoms with van der Waals surface area (Å²) < 4.78 is 5.52. The average Bonchev–Trinajstić information content (AvgIpc) is 3.09. The molecule has 0 amide bonds. The number of hydrogen-bond donors (Lipinski definition) is 3. The second kappa shape index (κ2) is 6.73. The molecule has 1 saturated carbocycles. The van der Waals surface area contributed by atoms with E-state index in [1.54, 1.807) is 14.0 Å². The van der Waals surface area contributed by atoms with Crippen molar-refractivity contribution in [1.82, 2.24) is 10.6 Å². The standard InChI is InChI=1S/C17H29N3O2/c1-13-7-8-14(22-13)17(3,21)12-20-15(18-4)19-11-16(2)9-5-6-10-16/h7-8,21H,5-6,9-12H2,1-4H3,(H2,18,19,20). The quantitative estimate of drug-likeness (QED) is 0.577. The Labute approximate surface area is 133 Å². The van der Waals surface area contributed by atoms with Gasteiger partial charge in [-0.2, -0.15) is 0 Å². The van der Waals surface area contributed by atoms with E-state index in [1.807, 2.05) is 19.1 Å². The summed E-state index contributed by atoms with van der Waals surface area (Å²) in [6, 6.07) is 3.67. The first-order chi connectivity index (χ1) is 10.3. The number of aliphatic hydroxyl groups is 1. The van der Waals surface area contributed by atoms with Crippen LogP contribution in [0.5, 0.6) is 0 Å². The van der Waals surface area contributed by atoms with E-state index in [9.17, 15) is 5.11 Å². The van der Waals surface area contributed by atoms with E-state index in [1.165, 1.54) is 25.7 Å². The maximum atomic E-state index is 10.5. The summed E-state index contributed by atoms with van der Waals surface area (Å²) in [5.74, 6) is 2.08. The van der Waals surface area contributed by atoms with Crippen molar-refractivity contribution in [3.63, 3.8) is 0 Å². The number of hydrogen-bond acceptors (Lipinski definition) is 3. The Morgan fingerprint density at radius 1 is 1.36 bits per heavy atom. The second-order valence-electron chi connectivity index (χ2n) is 6.98. The van der Waals surface area contributed by atoms with E-state index in [2.05, 4.69) is 22.5 Å². The van der Waals surface area contributed by atoms with Crippen molar-refractivity contribution in [2.24, 2.45) is 10.4 Å². The summed E-state index contributed by atoms with van der Waals surface area (Å²) in [6.07, 6.45) is 5.16. The number of nitrogens with one attached hydrogen (secondary N) is 2. The summed E-state index contributed by atoms with van der Waals surface area (Å²) in [4.78, 5) is 4.23. The van der Waals surface area contributed by atoms with Crippen molar-refractivity contribution in [1.29, 1.82) is 0 Å². The topological polar surface area (TPSA) is 69.8 Å². The third-order valence-corrected chi connectivity index (χ3v) is 4.59. The fourth-order valence-electron chi connectivity index (χ4n) is 2.99. The molecule has 0 aliphatic heterocycles. The van der Waals surface area contributed by atoms with Crippen LogP contribution in [0.4, 0.5) is 0 Å². The highest BCUT2D eigenvalue weighted by molar-refractivity contribution is 5.79. The summed E-state index contributed by atoms with van der Waals surface area (Å²) in [7, 11) is 1.75. The Hall–Kier alpha value is -1.49. The molecular formula is C17H29N3O2. The Morgan fingerprint density at radius 2 is 2.05 bits per heavy atom. The van der Waals surface area contributed by atoms with Gasteiger partial charge in [-0.3, -0.25) is 4.99 Å². The lowest BCUT2D eigenvalue weighted by molar-refractivity contribution is 0.0377. The van der Waals surface area contributed by atoms with Crippen molar-refractivity contribution >= 4 is 5.96 Å². The maximum absolute atomic E-state index is 10.5. The Balaban J connectivity index is 1.85. The lowest BCUT2D eigenvalue weighted by Gasteiger charge is -2.27. The second-order valence-corrected chi connectivity index (χ2v) is 6.98. The van der Waals surface area contributed by atoms with Gasteiger partial charge in [0.05, 0.1) is 6.54 Å². The van der Waals surface area contributed by atoms with E-state index < -0.39 is 5.60 Å². The van der Waals surface area contributed by atoms with E-state index in [0.29, 0.717) is 17.7 Å². The van der Waals surface area contributed by atoms with Crippen molar-refractivity contribution in [3.8, 4) is 0 Å². The fourth-order valence-corrected chi connectivity index (χ4v) is 2.99. The number of aryl methyl sites for hydroxylation is 1. The monoisotopic (exact) mass is 307 g/mol. The number of aliphatic imine (C=N–C) groups is 1. The minimum absolute atomic E-state index is 0.344. The van der Waals surface area contributed by atoms with E-state index in [0.717, 1.165) is 18.3 Å². The lowest BCUT2D eigenvalue weighted by atomic mass is 9.89. The van der Waals surface area contributed by atoms with Gasteiger partial charge in [-0.05, 0) is 44.2 Å². The van der Waals surface area contributed by atoms with Gasteiger partial charge in [-0.25, -0.2) is 0 Å². The molecule has 1 aliphatic carbocycles. The van der Waals surface area contributed by atoms with Crippen molar-refractivity contribution in [3.05, 3.63) is 23.7 Å². The van der Waals surface area contributed by atoms with E-state index in [4.69, 9.17) is 4.42 Å². The first-order valence-corrected chi connectivity index (χ1v) is 8.08. The number of nitrogens with zero attached hydrogens (tertiary/aromatic N) is 1. The molecule has 0 saturated heterocycles. The van der Waals surface area contributed by atoms with Crippen molar-refractivity contribution < 1.29 is 9.52 Å². The van der Waals surface area contributed by atoms with Crippen molar-refractivity contribution in [2.45, 2.75) is 52.1 Å². The lowest BCUT2D eigenvalue weighted by Crippen LogP contribution is -2.46. The number of rotatable bonds is 5. The molecule has 1 aromatic rings. The molecule has 1 fully saturated rings. The summed E-state index contributed by atoms with van der Waals surface area (Å²) in [6.45, 7) is 7.19. The van der Waals surface area contributed by atoms with Crippen LogP contribution in [0.2, 0.25) is 0 Å². The Kier molecular flexibility index (Phi) is 5.16. The van der Waals surface area contributed by atoms with Crippen LogP contribution in [-0.4, -0.2) is 31.2 Å². The van der Waals surface area contributed by atoms with Crippen LogP contribution in [0.15, 0.2) is 21.5 Å². The summed E-state index contributed by atoms with van der Waals surface area (Å²) in [5, 5.41) is 17.1. The summed E-state index contributed by atoms with van der Waals surface area (Å²) in [5.41, 5.74) is -0.707. The molecule has 3 N–H and O–H groups in total. The zero-order valence-corrected chi connectivity index (χ0v) is 14.2. The van der Waals surface area contributed by atoms with E-state index >= 15 is 0 Å².